The molecule has 3 N–H and O–H groups in total. The van der Waals surface area contributed by atoms with Crippen LogP contribution in [0.5, 0.6) is 0 Å². The lowest BCUT2D eigenvalue weighted by Gasteiger charge is -2.13. The minimum absolute atomic E-state index is 0. The number of nitrogens with one attached hydrogen (secondary N) is 3. The molecule has 0 saturated heterocycles. The Hall–Kier alpha value is -1.59. The number of rotatable bonds is 6. The van der Waals surface area contributed by atoms with E-state index in [0.717, 1.165) is 23.4 Å². The molecule has 0 fully saturated rings. The SMILES string of the molecule is CCCC(=O)Nc1cccc(NC(=O)CNC)c1C.Cl. The smallest absolute Gasteiger partial charge is 0.238 e. The Bertz CT molecular complexity index is 425. The predicted octanol–water partition coefficient (Wildman–Crippen LogP) is 2.31. The van der Waals surface area contributed by atoms with Gasteiger partial charge in [-0.15, -0.1) is 12.4 Å². The number of hydrogen-bond acceptors (Lipinski definition) is 3. The third kappa shape index (κ3) is 5.59. The third-order valence-corrected chi connectivity index (χ3v) is 2.70. The number of halogens is 1. The standard InChI is InChI=1S/C14H21N3O2.ClH/c1-4-6-13(18)16-11-7-5-8-12(10(11)2)17-14(19)9-15-3;/h5,7-8,15H,4,6,9H2,1-3H3,(H,16,18)(H,17,19);1H. The van der Waals surface area contributed by atoms with E-state index in [-0.39, 0.29) is 30.8 Å². The number of likely N-dealkylation sites (N-methyl/N-ethyl adjacent to an activating group) is 1. The summed E-state index contributed by atoms with van der Waals surface area (Å²) in [6.07, 6.45) is 1.30. The zero-order valence-electron chi connectivity index (χ0n) is 12.1. The van der Waals surface area contributed by atoms with Gasteiger partial charge in [-0.25, -0.2) is 0 Å². The third-order valence-electron chi connectivity index (χ3n) is 2.70. The molecule has 112 valence electrons. The maximum Gasteiger partial charge on any atom is 0.238 e. The van der Waals surface area contributed by atoms with Crippen molar-refractivity contribution in [2.45, 2.75) is 26.7 Å². The maximum atomic E-state index is 11.6. The van der Waals surface area contributed by atoms with Crippen molar-refractivity contribution >= 4 is 35.6 Å². The number of benzene rings is 1. The first-order valence-electron chi connectivity index (χ1n) is 6.42. The Kier molecular flexibility index (Phi) is 8.59. The van der Waals surface area contributed by atoms with Crippen molar-refractivity contribution in [3.63, 3.8) is 0 Å². The first-order chi connectivity index (χ1) is 9.08. The Morgan fingerprint density at radius 1 is 1.10 bits per heavy atom. The molecular weight excluding hydrogens is 278 g/mol. The average Bonchev–Trinajstić information content (AvgIpc) is 2.35. The number of anilines is 2. The fourth-order valence-electron chi connectivity index (χ4n) is 1.70. The first-order valence-corrected chi connectivity index (χ1v) is 6.42. The van der Waals surface area contributed by atoms with Crippen LogP contribution in [0.3, 0.4) is 0 Å². The quantitative estimate of drug-likeness (QED) is 0.755. The summed E-state index contributed by atoms with van der Waals surface area (Å²) in [4.78, 5) is 23.1. The molecule has 0 aromatic heterocycles. The van der Waals surface area contributed by atoms with Gasteiger partial charge in [-0.05, 0) is 38.1 Å². The molecule has 2 amide bonds. The van der Waals surface area contributed by atoms with Gasteiger partial charge in [0.2, 0.25) is 11.8 Å². The highest BCUT2D eigenvalue weighted by atomic mass is 35.5. The highest BCUT2D eigenvalue weighted by Gasteiger charge is 2.09. The summed E-state index contributed by atoms with van der Waals surface area (Å²) in [5.41, 5.74) is 2.31. The van der Waals surface area contributed by atoms with E-state index in [1.54, 1.807) is 7.05 Å². The minimum atomic E-state index is -0.109. The van der Waals surface area contributed by atoms with Crippen molar-refractivity contribution in [1.82, 2.24) is 5.32 Å². The molecule has 0 spiro atoms. The topological polar surface area (TPSA) is 70.2 Å². The van der Waals surface area contributed by atoms with Crippen LogP contribution in [0.1, 0.15) is 25.3 Å². The lowest BCUT2D eigenvalue weighted by atomic mass is 10.1. The number of hydrogen-bond donors (Lipinski definition) is 3. The lowest BCUT2D eigenvalue weighted by molar-refractivity contribution is -0.116. The van der Waals surface area contributed by atoms with E-state index in [4.69, 9.17) is 0 Å². The second-order valence-electron chi connectivity index (χ2n) is 4.35. The monoisotopic (exact) mass is 299 g/mol. The summed E-state index contributed by atoms with van der Waals surface area (Å²) in [6.45, 7) is 4.09. The van der Waals surface area contributed by atoms with Crippen molar-refractivity contribution < 1.29 is 9.59 Å². The van der Waals surface area contributed by atoms with Crippen LogP contribution < -0.4 is 16.0 Å². The van der Waals surface area contributed by atoms with E-state index >= 15 is 0 Å². The fourth-order valence-corrected chi connectivity index (χ4v) is 1.70. The fraction of sp³-hybridized carbons (Fsp3) is 0.429. The summed E-state index contributed by atoms with van der Waals surface area (Å²) in [6, 6.07) is 5.46. The molecule has 0 aliphatic carbocycles. The van der Waals surface area contributed by atoms with Gasteiger partial charge in [0.15, 0.2) is 0 Å². The Labute approximate surface area is 125 Å². The van der Waals surface area contributed by atoms with Gasteiger partial charge in [0.1, 0.15) is 0 Å². The second kappa shape index (κ2) is 9.34. The largest absolute Gasteiger partial charge is 0.326 e. The summed E-state index contributed by atoms with van der Waals surface area (Å²) in [5, 5.41) is 8.44. The van der Waals surface area contributed by atoms with Crippen LogP contribution in [0.2, 0.25) is 0 Å². The van der Waals surface area contributed by atoms with E-state index < -0.39 is 0 Å². The van der Waals surface area contributed by atoms with Crippen LogP contribution in [0.4, 0.5) is 11.4 Å². The van der Waals surface area contributed by atoms with Gasteiger partial charge in [-0.3, -0.25) is 9.59 Å². The van der Waals surface area contributed by atoms with Gasteiger partial charge in [0, 0.05) is 17.8 Å². The summed E-state index contributed by atoms with van der Waals surface area (Å²) in [7, 11) is 1.72. The molecule has 0 atom stereocenters. The van der Waals surface area contributed by atoms with E-state index in [0.29, 0.717) is 6.42 Å². The molecular formula is C14H22ClN3O2. The van der Waals surface area contributed by atoms with Crippen molar-refractivity contribution in [2.24, 2.45) is 0 Å². The molecule has 1 rings (SSSR count). The number of amides is 2. The van der Waals surface area contributed by atoms with E-state index in [9.17, 15) is 9.59 Å². The molecule has 1 aromatic rings. The number of carbonyl (C=O) groups is 2. The van der Waals surface area contributed by atoms with Crippen molar-refractivity contribution in [3.8, 4) is 0 Å². The maximum absolute atomic E-state index is 11.6. The first kappa shape index (κ1) is 18.4. The normalized spacial score (nSPS) is 9.55. The van der Waals surface area contributed by atoms with Gasteiger partial charge in [0.25, 0.3) is 0 Å². The van der Waals surface area contributed by atoms with Crippen LogP contribution in [0, 0.1) is 6.92 Å². The molecule has 0 aliphatic rings. The van der Waals surface area contributed by atoms with Crippen molar-refractivity contribution in [2.75, 3.05) is 24.2 Å². The molecule has 0 radical (unpaired) electrons. The Balaban J connectivity index is 0.00000361. The Morgan fingerprint density at radius 3 is 2.15 bits per heavy atom. The van der Waals surface area contributed by atoms with E-state index in [1.807, 2.05) is 32.0 Å². The number of carbonyl (C=O) groups excluding carboxylic acids is 2. The van der Waals surface area contributed by atoms with Crippen molar-refractivity contribution in [3.05, 3.63) is 23.8 Å². The zero-order chi connectivity index (χ0) is 14.3. The summed E-state index contributed by atoms with van der Waals surface area (Å²) < 4.78 is 0. The van der Waals surface area contributed by atoms with Gasteiger partial charge in [0.05, 0.1) is 6.54 Å². The van der Waals surface area contributed by atoms with Crippen LogP contribution >= 0.6 is 12.4 Å². The van der Waals surface area contributed by atoms with Crippen LogP contribution in [-0.2, 0) is 9.59 Å². The molecule has 0 aliphatic heterocycles. The van der Waals surface area contributed by atoms with Crippen LogP contribution in [-0.4, -0.2) is 25.4 Å². The lowest BCUT2D eigenvalue weighted by Crippen LogP contribution is -2.25. The Morgan fingerprint density at radius 2 is 1.65 bits per heavy atom. The molecule has 20 heavy (non-hydrogen) atoms. The van der Waals surface area contributed by atoms with E-state index in [2.05, 4.69) is 16.0 Å². The van der Waals surface area contributed by atoms with Crippen LogP contribution in [0.25, 0.3) is 0 Å². The molecule has 0 saturated carbocycles. The molecule has 1 aromatic carbocycles. The summed E-state index contributed by atoms with van der Waals surface area (Å²) in [5.74, 6) is -0.119. The van der Waals surface area contributed by atoms with Gasteiger partial charge in [-0.1, -0.05) is 13.0 Å². The zero-order valence-corrected chi connectivity index (χ0v) is 12.9. The highest BCUT2D eigenvalue weighted by molar-refractivity contribution is 5.96. The van der Waals surface area contributed by atoms with Crippen molar-refractivity contribution in [1.29, 1.82) is 0 Å². The van der Waals surface area contributed by atoms with Crippen LogP contribution in [0.15, 0.2) is 18.2 Å². The van der Waals surface area contributed by atoms with Gasteiger partial charge < -0.3 is 16.0 Å². The molecule has 0 unspecified atom stereocenters. The second-order valence-corrected chi connectivity index (χ2v) is 4.35. The minimum Gasteiger partial charge on any atom is -0.326 e. The molecule has 6 heteroatoms. The molecule has 0 heterocycles. The molecule has 5 nitrogen and oxygen atoms in total. The summed E-state index contributed by atoms with van der Waals surface area (Å²) >= 11 is 0. The van der Waals surface area contributed by atoms with E-state index in [1.165, 1.54) is 0 Å². The average molecular weight is 300 g/mol. The van der Waals surface area contributed by atoms with Gasteiger partial charge >= 0.3 is 0 Å². The predicted molar refractivity (Wildman–Crippen MR) is 84.5 cm³/mol. The molecule has 0 bridgehead atoms. The van der Waals surface area contributed by atoms with Gasteiger partial charge in [-0.2, -0.15) is 0 Å². The highest BCUT2D eigenvalue weighted by Crippen LogP contribution is 2.23.